The number of hydrogen-bond donors (Lipinski definition) is 3. The van der Waals surface area contributed by atoms with E-state index in [9.17, 15) is 12.8 Å². The smallest absolute Gasteiger partial charge is 0.239 e. The first-order valence-corrected chi connectivity index (χ1v) is 10.0. The van der Waals surface area contributed by atoms with Crippen LogP contribution >= 0.6 is 11.6 Å². The first-order chi connectivity index (χ1) is 13.8. The lowest BCUT2D eigenvalue weighted by Crippen LogP contribution is -2.13. The Hall–Kier alpha value is -3.26. The largest absolute Gasteiger partial charge is 0.338 e. The predicted molar refractivity (Wildman–Crippen MR) is 107 cm³/mol. The second-order valence-electron chi connectivity index (χ2n) is 5.86. The maximum Gasteiger partial charge on any atom is 0.239 e. The number of nitrogens with two attached hydrogens (primary N) is 1. The van der Waals surface area contributed by atoms with Gasteiger partial charge in [0, 0.05) is 11.4 Å². The van der Waals surface area contributed by atoms with Gasteiger partial charge in [0.2, 0.25) is 16.0 Å². The van der Waals surface area contributed by atoms with E-state index in [4.69, 9.17) is 22.0 Å². The van der Waals surface area contributed by atoms with Gasteiger partial charge >= 0.3 is 0 Å². The van der Waals surface area contributed by atoms with Crippen molar-refractivity contribution >= 4 is 44.8 Å². The summed E-state index contributed by atoms with van der Waals surface area (Å²) in [7, 11) is -4.02. The summed E-state index contributed by atoms with van der Waals surface area (Å²) in [5.41, 5.74) is 1.70. The van der Waals surface area contributed by atoms with E-state index in [1.54, 1.807) is 24.3 Å². The SMILES string of the molecule is N#CCc1ccc(Nc2nc(Nc3ccc(Cl)c(S(N)(=O)=O)c3)ncc2F)cc1. The van der Waals surface area contributed by atoms with Crippen molar-refractivity contribution < 1.29 is 12.8 Å². The van der Waals surface area contributed by atoms with E-state index in [1.807, 2.05) is 6.07 Å². The zero-order chi connectivity index (χ0) is 21.0. The van der Waals surface area contributed by atoms with Crippen LogP contribution in [0.15, 0.2) is 53.6 Å². The molecule has 0 atom stereocenters. The van der Waals surface area contributed by atoms with Gasteiger partial charge < -0.3 is 10.6 Å². The second-order valence-corrected chi connectivity index (χ2v) is 7.80. The van der Waals surface area contributed by atoms with Gasteiger partial charge in [0.25, 0.3) is 0 Å². The average Bonchev–Trinajstić information content (AvgIpc) is 2.67. The summed E-state index contributed by atoms with van der Waals surface area (Å²) < 4.78 is 37.3. The Kier molecular flexibility index (Phi) is 5.93. The van der Waals surface area contributed by atoms with E-state index in [0.29, 0.717) is 11.4 Å². The van der Waals surface area contributed by atoms with Crippen LogP contribution in [0.1, 0.15) is 5.56 Å². The highest BCUT2D eigenvalue weighted by atomic mass is 35.5. The van der Waals surface area contributed by atoms with Crippen LogP contribution in [0.4, 0.5) is 27.5 Å². The molecule has 3 aromatic rings. The summed E-state index contributed by atoms with van der Waals surface area (Å²) in [6.45, 7) is 0. The number of benzene rings is 2. The third-order valence-corrected chi connectivity index (χ3v) is 5.13. The van der Waals surface area contributed by atoms with Crippen molar-refractivity contribution in [3.63, 3.8) is 0 Å². The van der Waals surface area contributed by atoms with E-state index in [-0.39, 0.29) is 28.1 Å². The van der Waals surface area contributed by atoms with Crippen LogP contribution in [0, 0.1) is 17.1 Å². The van der Waals surface area contributed by atoms with Crippen LogP contribution < -0.4 is 15.8 Å². The summed E-state index contributed by atoms with van der Waals surface area (Å²) in [6.07, 6.45) is 1.25. The maximum atomic E-state index is 14.1. The molecule has 0 aliphatic carbocycles. The van der Waals surface area contributed by atoms with Gasteiger partial charge in [-0.25, -0.2) is 22.9 Å². The average molecular weight is 433 g/mol. The lowest BCUT2D eigenvalue weighted by molar-refractivity contribution is 0.598. The molecular weight excluding hydrogens is 419 g/mol. The molecule has 0 aliphatic rings. The van der Waals surface area contributed by atoms with Gasteiger partial charge in [-0.3, -0.25) is 0 Å². The molecule has 0 spiro atoms. The van der Waals surface area contributed by atoms with Crippen LogP contribution in [-0.2, 0) is 16.4 Å². The van der Waals surface area contributed by atoms with Gasteiger partial charge in [0.15, 0.2) is 11.6 Å². The second kappa shape index (κ2) is 8.40. The molecule has 0 saturated carbocycles. The molecule has 0 unspecified atom stereocenters. The van der Waals surface area contributed by atoms with Crippen molar-refractivity contribution in [1.82, 2.24) is 9.97 Å². The Morgan fingerprint density at radius 3 is 2.48 bits per heavy atom. The highest BCUT2D eigenvalue weighted by Gasteiger charge is 2.14. The van der Waals surface area contributed by atoms with E-state index in [1.165, 1.54) is 18.2 Å². The minimum atomic E-state index is -4.02. The number of aromatic nitrogens is 2. The van der Waals surface area contributed by atoms with E-state index in [2.05, 4.69) is 20.6 Å². The molecule has 29 heavy (non-hydrogen) atoms. The highest BCUT2D eigenvalue weighted by Crippen LogP contribution is 2.26. The number of nitriles is 1. The van der Waals surface area contributed by atoms with Crippen molar-refractivity contribution in [2.45, 2.75) is 11.3 Å². The van der Waals surface area contributed by atoms with E-state index >= 15 is 0 Å². The zero-order valence-electron chi connectivity index (χ0n) is 14.7. The number of anilines is 4. The Morgan fingerprint density at radius 2 is 1.83 bits per heavy atom. The first kappa shape index (κ1) is 20.5. The molecule has 8 nitrogen and oxygen atoms in total. The van der Waals surface area contributed by atoms with E-state index < -0.39 is 15.8 Å². The van der Waals surface area contributed by atoms with Crippen LogP contribution in [0.25, 0.3) is 0 Å². The number of nitrogens with one attached hydrogen (secondary N) is 2. The van der Waals surface area contributed by atoms with E-state index in [0.717, 1.165) is 11.8 Å². The standard InChI is InChI=1S/C18H14ClFN6O2S/c19-14-6-5-13(9-16(14)29(22,27)28)25-18-23-10-15(20)17(26-18)24-12-3-1-11(2-4-12)7-8-21/h1-6,9-10H,7H2,(H2,22,27,28)(H2,23,24,25,26). The molecule has 0 saturated heterocycles. The van der Waals surface area contributed by atoms with Crippen molar-refractivity contribution in [2.75, 3.05) is 10.6 Å². The summed E-state index contributed by atoms with van der Waals surface area (Å²) in [4.78, 5) is 7.64. The van der Waals surface area contributed by atoms with Crippen LogP contribution in [0.5, 0.6) is 0 Å². The van der Waals surface area contributed by atoms with Crippen molar-refractivity contribution in [2.24, 2.45) is 5.14 Å². The summed E-state index contributed by atoms with van der Waals surface area (Å²) in [6, 6.07) is 13.0. The first-order valence-electron chi connectivity index (χ1n) is 8.11. The molecule has 0 fully saturated rings. The Morgan fingerprint density at radius 1 is 1.14 bits per heavy atom. The fourth-order valence-electron chi connectivity index (χ4n) is 2.38. The molecular formula is C18H14ClFN6O2S. The fourth-order valence-corrected chi connectivity index (χ4v) is 3.45. The van der Waals surface area contributed by atoms with Crippen molar-refractivity contribution in [3.8, 4) is 6.07 Å². The molecule has 1 heterocycles. The lowest BCUT2D eigenvalue weighted by Gasteiger charge is -2.11. The monoisotopic (exact) mass is 432 g/mol. The molecule has 4 N–H and O–H groups in total. The molecule has 2 aromatic carbocycles. The molecule has 0 bridgehead atoms. The third kappa shape index (κ3) is 5.17. The van der Waals surface area contributed by atoms with Crippen LogP contribution in [0.3, 0.4) is 0 Å². The van der Waals surface area contributed by atoms with Crippen LogP contribution in [-0.4, -0.2) is 18.4 Å². The lowest BCUT2D eigenvalue weighted by atomic mass is 10.1. The Labute approximate surface area is 171 Å². The third-order valence-electron chi connectivity index (χ3n) is 3.74. The fraction of sp³-hybridized carbons (Fsp3) is 0.0556. The summed E-state index contributed by atoms with van der Waals surface area (Å²) in [5, 5.41) is 19.4. The van der Waals surface area contributed by atoms with Gasteiger partial charge in [-0.1, -0.05) is 23.7 Å². The number of nitrogens with zero attached hydrogens (tertiary/aromatic N) is 3. The molecule has 148 valence electrons. The molecule has 11 heteroatoms. The topological polar surface area (TPSA) is 134 Å². The molecule has 0 amide bonds. The van der Waals surface area contributed by atoms with Crippen molar-refractivity contribution in [3.05, 3.63) is 65.1 Å². The summed E-state index contributed by atoms with van der Waals surface area (Å²) >= 11 is 5.86. The highest BCUT2D eigenvalue weighted by molar-refractivity contribution is 7.89. The van der Waals surface area contributed by atoms with Gasteiger partial charge in [-0.2, -0.15) is 10.2 Å². The number of sulfonamides is 1. The zero-order valence-corrected chi connectivity index (χ0v) is 16.3. The quantitative estimate of drug-likeness (QED) is 0.542. The maximum absolute atomic E-state index is 14.1. The number of primary sulfonamides is 1. The molecule has 1 aromatic heterocycles. The molecule has 0 aliphatic heterocycles. The number of halogens is 2. The van der Waals surface area contributed by atoms with Gasteiger partial charge in [-0.05, 0) is 35.9 Å². The Balaban J connectivity index is 1.83. The van der Waals surface area contributed by atoms with Gasteiger partial charge in [-0.15, -0.1) is 0 Å². The van der Waals surface area contributed by atoms with Crippen LogP contribution in [0.2, 0.25) is 5.02 Å². The minimum absolute atomic E-state index is 0.0256. The normalized spacial score (nSPS) is 11.0. The number of hydrogen-bond acceptors (Lipinski definition) is 7. The number of rotatable bonds is 6. The summed E-state index contributed by atoms with van der Waals surface area (Å²) in [5.74, 6) is -0.744. The predicted octanol–water partition coefficient (Wildman–Crippen LogP) is 3.47. The molecule has 3 rings (SSSR count). The minimum Gasteiger partial charge on any atom is -0.338 e. The Bertz CT molecular complexity index is 1200. The van der Waals surface area contributed by atoms with Gasteiger partial charge in [0.05, 0.1) is 23.7 Å². The van der Waals surface area contributed by atoms with Crippen molar-refractivity contribution in [1.29, 1.82) is 5.26 Å². The van der Waals surface area contributed by atoms with Gasteiger partial charge in [0.1, 0.15) is 4.90 Å². The molecule has 0 radical (unpaired) electrons.